The standard InChI is InChI=1S/C15H22N2O4S.C8H6F3NO2/c1-21-10-2-3-14(18)17-8-6-16(7-9-17)11-12-4-5-13(22-12)15(19)20;9-8(10,11)14-6-4-2-1-3-5(6)7(12)13/h4-5H,2-3,6-11H2,1H3,(H,19,20);1-4H,(H2,12,13). The van der Waals surface area contributed by atoms with Crippen LogP contribution in [0.2, 0.25) is 0 Å². The van der Waals surface area contributed by atoms with E-state index in [2.05, 4.69) is 9.64 Å². The fourth-order valence-electron chi connectivity index (χ4n) is 3.36. The minimum atomic E-state index is -4.83. The topological polar surface area (TPSA) is 122 Å². The number of benzene rings is 1. The molecule has 0 unspecified atom stereocenters. The third-order valence-electron chi connectivity index (χ3n) is 5.09. The number of carboxylic acid groups (broad SMARTS) is 1. The number of thiophene rings is 1. The first-order valence-electron chi connectivity index (χ1n) is 11.0. The van der Waals surface area contributed by atoms with Crippen LogP contribution < -0.4 is 10.5 Å². The molecule has 2 amide bonds. The molecule has 0 radical (unpaired) electrons. The molecule has 2 heterocycles. The summed E-state index contributed by atoms with van der Waals surface area (Å²) >= 11 is 1.32. The van der Waals surface area contributed by atoms with Crippen molar-refractivity contribution in [3.8, 4) is 5.75 Å². The lowest BCUT2D eigenvalue weighted by Crippen LogP contribution is -2.48. The SMILES string of the molecule is COCCCC(=O)N1CCN(Cc2ccc(C(=O)O)s2)CC1.NC(=O)c1ccccc1OC(F)(F)F. The predicted molar refractivity (Wildman–Crippen MR) is 126 cm³/mol. The van der Waals surface area contributed by atoms with Crippen molar-refractivity contribution >= 4 is 29.1 Å². The minimum absolute atomic E-state index is 0.195. The predicted octanol–water partition coefficient (Wildman–Crippen LogP) is 3.20. The molecule has 1 aromatic carbocycles. The third kappa shape index (κ3) is 9.84. The number of hydrogen-bond acceptors (Lipinski definition) is 7. The Morgan fingerprint density at radius 3 is 2.31 bits per heavy atom. The molecule has 0 aliphatic carbocycles. The number of rotatable bonds is 9. The minimum Gasteiger partial charge on any atom is -0.477 e. The molecule has 3 N–H and O–H groups in total. The summed E-state index contributed by atoms with van der Waals surface area (Å²) in [6, 6.07) is 8.40. The molecule has 3 rings (SSSR count). The van der Waals surface area contributed by atoms with Gasteiger partial charge in [-0.05, 0) is 30.7 Å². The average molecular weight is 532 g/mol. The summed E-state index contributed by atoms with van der Waals surface area (Å²) in [5.74, 6) is -2.24. The van der Waals surface area contributed by atoms with E-state index in [1.54, 1.807) is 13.2 Å². The van der Waals surface area contributed by atoms with Gasteiger partial charge in [0.05, 0.1) is 5.56 Å². The number of methoxy groups -OCH3 is 1. The molecule has 0 spiro atoms. The van der Waals surface area contributed by atoms with E-state index in [-0.39, 0.29) is 11.5 Å². The summed E-state index contributed by atoms with van der Waals surface area (Å²) in [6.45, 7) is 4.51. The van der Waals surface area contributed by atoms with Crippen molar-refractivity contribution in [3.05, 3.63) is 51.7 Å². The highest BCUT2D eigenvalue weighted by molar-refractivity contribution is 7.13. The van der Waals surface area contributed by atoms with Crippen LogP contribution in [-0.2, 0) is 16.1 Å². The molecule has 1 aliphatic heterocycles. The van der Waals surface area contributed by atoms with Crippen LogP contribution in [0.1, 0.15) is 37.7 Å². The number of carbonyl (C=O) groups excluding carboxylic acids is 2. The van der Waals surface area contributed by atoms with Crippen molar-refractivity contribution in [2.75, 3.05) is 39.9 Å². The molecule has 1 aromatic heterocycles. The van der Waals surface area contributed by atoms with E-state index in [4.69, 9.17) is 15.6 Å². The van der Waals surface area contributed by atoms with Crippen molar-refractivity contribution in [1.82, 2.24) is 9.80 Å². The van der Waals surface area contributed by atoms with Gasteiger partial charge in [-0.1, -0.05) is 12.1 Å². The Morgan fingerprint density at radius 1 is 1.08 bits per heavy atom. The van der Waals surface area contributed by atoms with E-state index < -0.39 is 24.0 Å². The summed E-state index contributed by atoms with van der Waals surface area (Å²) in [6.07, 6.45) is -3.52. The number of carboxylic acids is 1. The molecule has 1 saturated heterocycles. The van der Waals surface area contributed by atoms with Gasteiger partial charge in [0.15, 0.2) is 0 Å². The second-order valence-electron chi connectivity index (χ2n) is 7.73. The van der Waals surface area contributed by atoms with Gasteiger partial charge in [0.2, 0.25) is 5.91 Å². The average Bonchev–Trinajstić information content (AvgIpc) is 3.28. The molecule has 13 heteroatoms. The van der Waals surface area contributed by atoms with E-state index in [0.29, 0.717) is 17.9 Å². The van der Waals surface area contributed by atoms with Crippen molar-refractivity contribution in [1.29, 1.82) is 0 Å². The van der Waals surface area contributed by atoms with Gasteiger partial charge in [0.1, 0.15) is 10.6 Å². The second-order valence-corrected chi connectivity index (χ2v) is 8.90. The van der Waals surface area contributed by atoms with Gasteiger partial charge in [-0.2, -0.15) is 0 Å². The van der Waals surface area contributed by atoms with Gasteiger partial charge in [-0.15, -0.1) is 24.5 Å². The number of aromatic carboxylic acids is 1. The van der Waals surface area contributed by atoms with Crippen LogP contribution in [0.5, 0.6) is 5.75 Å². The monoisotopic (exact) mass is 531 g/mol. The van der Waals surface area contributed by atoms with Crippen LogP contribution in [0, 0.1) is 0 Å². The van der Waals surface area contributed by atoms with Gasteiger partial charge in [-0.25, -0.2) is 4.79 Å². The van der Waals surface area contributed by atoms with Crippen LogP contribution in [0.3, 0.4) is 0 Å². The van der Waals surface area contributed by atoms with Crippen LogP contribution in [0.25, 0.3) is 0 Å². The normalized spacial score (nSPS) is 14.1. The quantitative estimate of drug-likeness (QED) is 0.477. The van der Waals surface area contributed by atoms with Gasteiger partial charge in [-0.3, -0.25) is 14.5 Å². The lowest BCUT2D eigenvalue weighted by Gasteiger charge is -2.34. The summed E-state index contributed by atoms with van der Waals surface area (Å²) in [7, 11) is 1.64. The molecular formula is C23H28F3N3O6S. The van der Waals surface area contributed by atoms with Gasteiger partial charge >= 0.3 is 12.3 Å². The summed E-state index contributed by atoms with van der Waals surface area (Å²) < 4.78 is 44.0. The first-order valence-corrected chi connectivity index (χ1v) is 11.8. The van der Waals surface area contributed by atoms with Crippen LogP contribution >= 0.6 is 11.3 Å². The third-order valence-corrected chi connectivity index (χ3v) is 6.15. The zero-order valence-corrected chi connectivity index (χ0v) is 20.4. The molecule has 9 nitrogen and oxygen atoms in total. The lowest BCUT2D eigenvalue weighted by atomic mass is 10.2. The van der Waals surface area contributed by atoms with E-state index in [0.717, 1.165) is 56.2 Å². The fourth-order valence-corrected chi connectivity index (χ4v) is 4.25. The van der Waals surface area contributed by atoms with E-state index in [1.807, 2.05) is 11.0 Å². The molecule has 198 valence electrons. The number of ether oxygens (including phenoxy) is 2. The number of halogens is 3. The number of amides is 2. The zero-order chi connectivity index (χ0) is 26.7. The number of piperazine rings is 1. The molecule has 1 aliphatic rings. The molecule has 36 heavy (non-hydrogen) atoms. The summed E-state index contributed by atoms with van der Waals surface area (Å²) in [5.41, 5.74) is 4.55. The Hall–Kier alpha value is -3.16. The maximum absolute atomic E-state index is 12.0. The smallest absolute Gasteiger partial charge is 0.477 e. The number of para-hydroxylation sites is 1. The van der Waals surface area contributed by atoms with Crippen molar-refractivity contribution in [2.45, 2.75) is 25.7 Å². The Bertz CT molecular complexity index is 1020. The number of carbonyl (C=O) groups is 3. The van der Waals surface area contributed by atoms with Gasteiger partial charge in [0, 0.05) is 57.7 Å². The number of primary amides is 1. The molecular weight excluding hydrogens is 503 g/mol. The first kappa shape index (κ1) is 29.1. The van der Waals surface area contributed by atoms with Crippen molar-refractivity contribution < 1.29 is 42.1 Å². The Morgan fingerprint density at radius 2 is 1.75 bits per heavy atom. The highest BCUT2D eigenvalue weighted by atomic mass is 32.1. The number of alkyl halides is 3. The highest BCUT2D eigenvalue weighted by Gasteiger charge is 2.32. The fraction of sp³-hybridized carbons (Fsp3) is 0.435. The number of nitrogens with zero attached hydrogens (tertiary/aromatic N) is 2. The van der Waals surface area contributed by atoms with Gasteiger partial charge in [0.25, 0.3) is 5.91 Å². The van der Waals surface area contributed by atoms with Crippen molar-refractivity contribution in [3.63, 3.8) is 0 Å². The number of nitrogens with two attached hydrogens (primary N) is 1. The Kier molecular flexibility index (Phi) is 11.1. The molecule has 1 fully saturated rings. The van der Waals surface area contributed by atoms with Crippen LogP contribution in [0.15, 0.2) is 36.4 Å². The summed E-state index contributed by atoms with van der Waals surface area (Å²) in [4.78, 5) is 39.2. The van der Waals surface area contributed by atoms with E-state index in [1.165, 1.54) is 23.5 Å². The Labute approximate surface area is 210 Å². The summed E-state index contributed by atoms with van der Waals surface area (Å²) in [5, 5.41) is 8.93. The molecule has 0 bridgehead atoms. The van der Waals surface area contributed by atoms with Crippen molar-refractivity contribution in [2.24, 2.45) is 5.73 Å². The zero-order valence-electron chi connectivity index (χ0n) is 19.6. The molecule has 0 saturated carbocycles. The lowest BCUT2D eigenvalue weighted by molar-refractivity contribution is -0.274. The van der Waals surface area contributed by atoms with Crippen LogP contribution in [0.4, 0.5) is 13.2 Å². The maximum atomic E-state index is 12.0. The van der Waals surface area contributed by atoms with E-state index in [9.17, 15) is 27.6 Å². The first-order chi connectivity index (χ1) is 17.0. The molecule has 0 atom stereocenters. The van der Waals surface area contributed by atoms with Crippen LogP contribution in [-0.4, -0.2) is 78.9 Å². The Balaban J connectivity index is 0.000000281. The highest BCUT2D eigenvalue weighted by Crippen LogP contribution is 2.25. The molecule has 2 aromatic rings. The van der Waals surface area contributed by atoms with E-state index >= 15 is 0 Å². The van der Waals surface area contributed by atoms with Gasteiger partial charge < -0.3 is 25.2 Å². The largest absolute Gasteiger partial charge is 0.573 e. The number of hydrogen-bond donors (Lipinski definition) is 2. The second kappa shape index (κ2) is 13.8. The maximum Gasteiger partial charge on any atom is 0.573 e.